The Morgan fingerprint density at radius 2 is 2.04 bits per heavy atom. The first kappa shape index (κ1) is 18.3. The Kier molecular flexibility index (Phi) is 5.39. The Labute approximate surface area is 164 Å². The molecule has 0 aromatic heterocycles. The van der Waals surface area contributed by atoms with Gasteiger partial charge in [0.2, 0.25) is 0 Å². The number of amides is 2. The topological polar surface area (TPSA) is 79.5 Å². The summed E-state index contributed by atoms with van der Waals surface area (Å²) in [5.74, 6) is 0.386. The predicted molar refractivity (Wildman–Crippen MR) is 108 cm³/mol. The zero-order valence-corrected chi connectivity index (χ0v) is 15.5. The molecule has 0 radical (unpaired) electrons. The van der Waals surface area contributed by atoms with Crippen molar-refractivity contribution in [2.24, 2.45) is 0 Å². The summed E-state index contributed by atoms with van der Waals surface area (Å²) < 4.78 is 5.72. The number of rotatable bonds is 5. The van der Waals surface area contributed by atoms with E-state index in [1.165, 1.54) is 5.57 Å². The smallest absolute Gasteiger partial charge is 0.265 e. The number of hydrogen-bond acceptors (Lipinski definition) is 4. The van der Waals surface area contributed by atoms with Gasteiger partial charge in [0, 0.05) is 30.8 Å². The largest absolute Gasteiger partial charge is 0.480 e. The van der Waals surface area contributed by atoms with Gasteiger partial charge in [-0.25, -0.2) is 0 Å². The van der Waals surface area contributed by atoms with Crippen LogP contribution in [0, 0.1) is 0 Å². The molecule has 28 heavy (non-hydrogen) atoms. The van der Waals surface area contributed by atoms with Crippen LogP contribution in [0.3, 0.4) is 0 Å². The number of hydrogen-bond donors (Lipinski definition) is 3. The minimum Gasteiger partial charge on any atom is -0.480 e. The lowest BCUT2D eigenvalue weighted by Gasteiger charge is -2.15. The Morgan fingerprint density at radius 1 is 1.14 bits per heavy atom. The monoisotopic (exact) mass is 377 g/mol. The van der Waals surface area contributed by atoms with Crippen LogP contribution in [-0.4, -0.2) is 37.6 Å². The summed E-state index contributed by atoms with van der Waals surface area (Å²) >= 11 is 0. The third-order valence-corrected chi connectivity index (χ3v) is 4.97. The Balaban J connectivity index is 1.35. The summed E-state index contributed by atoms with van der Waals surface area (Å²) in [5.41, 5.74) is 3.36. The maximum absolute atomic E-state index is 12.5. The van der Waals surface area contributed by atoms with Gasteiger partial charge in [0.1, 0.15) is 5.75 Å². The summed E-state index contributed by atoms with van der Waals surface area (Å²) in [6, 6.07) is 14.6. The fourth-order valence-electron chi connectivity index (χ4n) is 3.42. The summed E-state index contributed by atoms with van der Waals surface area (Å²) in [6.07, 6.45) is 3.05. The van der Waals surface area contributed by atoms with Gasteiger partial charge >= 0.3 is 0 Å². The van der Waals surface area contributed by atoms with Crippen LogP contribution in [-0.2, 0) is 11.2 Å². The highest BCUT2D eigenvalue weighted by molar-refractivity contribution is 5.98. The molecule has 2 heterocycles. The first-order valence-corrected chi connectivity index (χ1v) is 9.51. The van der Waals surface area contributed by atoms with Crippen LogP contribution < -0.4 is 20.7 Å². The van der Waals surface area contributed by atoms with Crippen LogP contribution in [0.1, 0.15) is 22.3 Å². The van der Waals surface area contributed by atoms with E-state index >= 15 is 0 Å². The molecule has 6 heteroatoms. The number of nitrogens with one attached hydrogen (secondary N) is 3. The average Bonchev–Trinajstić information content (AvgIpc) is 3.17. The molecule has 3 N–H and O–H groups in total. The van der Waals surface area contributed by atoms with Crippen LogP contribution in [0.2, 0.25) is 0 Å². The van der Waals surface area contributed by atoms with E-state index in [9.17, 15) is 9.59 Å². The molecule has 1 unspecified atom stereocenters. The van der Waals surface area contributed by atoms with E-state index in [1.54, 1.807) is 24.3 Å². The standard InChI is InChI=1S/C22H23N3O3/c26-21(24-14-15-8-10-23-11-9-15)17-5-3-6-18(12-17)25-22(27)20-13-16-4-1-2-7-19(16)28-20/h1-8,12,20,23H,9-11,13-14H2,(H,24,26)(H,25,27). The molecule has 0 fully saturated rings. The molecule has 4 rings (SSSR count). The lowest BCUT2D eigenvalue weighted by atomic mass is 10.1. The maximum Gasteiger partial charge on any atom is 0.265 e. The van der Waals surface area contributed by atoms with Crippen molar-refractivity contribution in [2.75, 3.05) is 25.0 Å². The molecule has 0 aliphatic carbocycles. The molecule has 0 saturated heterocycles. The molecule has 0 saturated carbocycles. The van der Waals surface area contributed by atoms with Crippen molar-refractivity contribution >= 4 is 17.5 Å². The second kappa shape index (κ2) is 8.27. The lowest BCUT2D eigenvalue weighted by Crippen LogP contribution is -2.32. The van der Waals surface area contributed by atoms with Crippen molar-refractivity contribution in [1.82, 2.24) is 10.6 Å². The summed E-state index contributed by atoms with van der Waals surface area (Å²) in [7, 11) is 0. The first-order valence-electron chi connectivity index (χ1n) is 9.51. The molecule has 0 spiro atoms. The van der Waals surface area contributed by atoms with E-state index in [-0.39, 0.29) is 11.8 Å². The number of carbonyl (C=O) groups excluding carboxylic acids is 2. The van der Waals surface area contributed by atoms with Gasteiger partial charge in [-0.3, -0.25) is 9.59 Å². The number of carbonyl (C=O) groups is 2. The fourth-order valence-corrected chi connectivity index (χ4v) is 3.42. The molecule has 2 aromatic rings. The first-order chi connectivity index (χ1) is 13.7. The molecule has 2 aromatic carbocycles. The van der Waals surface area contributed by atoms with Gasteiger partial charge in [-0.2, -0.15) is 0 Å². The number of fused-ring (bicyclic) bond motifs is 1. The van der Waals surface area contributed by atoms with E-state index in [4.69, 9.17) is 4.74 Å². The van der Waals surface area contributed by atoms with Crippen LogP contribution in [0.5, 0.6) is 5.75 Å². The van der Waals surface area contributed by atoms with Gasteiger partial charge in [0.15, 0.2) is 6.10 Å². The molecular weight excluding hydrogens is 354 g/mol. The van der Waals surface area contributed by atoms with E-state index in [0.29, 0.717) is 24.2 Å². The molecule has 1 atom stereocenters. The SMILES string of the molecule is O=C(NCC1=CCNCC1)c1cccc(NC(=O)C2Cc3ccccc3O2)c1. The van der Waals surface area contributed by atoms with E-state index < -0.39 is 6.10 Å². The number of benzene rings is 2. The van der Waals surface area contributed by atoms with Crippen molar-refractivity contribution < 1.29 is 14.3 Å². The van der Waals surface area contributed by atoms with Crippen molar-refractivity contribution in [3.63, 3.8) is 0 Å². The minimum absolute atomic E-state index is 0.153. The molecule has 6 nitrogen and oxygen atoms in total. The van der Waals surface area contributed by atoms with Gasteiger partial charge in [0.25, 0.3) is 11.8 Å². The highest BCUT2D eigenvalue weighted by Crippen LogP contribution is 2.28. The summed E-state index contributed by atoms with van der Waals surface area (Å²) in [5, 5.41) is 9.05. The minimum atomic E-state index is -0.554. The van der Waals surface area contributed by atoms with Gasteiger partial charge in [-0.05, 0) is 42.8 Å². The van der Waals surface area contributed by atoms with Crippen LogP contribution in [0.15, 0.2) is 60.2 Å². The summed E-state index contributed by atoms with van der Waals surface area (Å²) in [4.78, 5) is 25.0. The molecular formula is C22H23N3O3. The predicted octanol–water partition coefficient (Wildman–Crippen LogP) is 2.28. The van der Waals surface area contributed by atoms with Crippen molar-refractivity contribution in [3.05, 3.63) is 71.3 Å². The van der Waals surface area contributed by atoms with Crippen LogP contribution in [0.25, 0.3) is 0 Å². The van der Waals surface area contributed by atoms with Crippen molar-refractivity contribution in [2.45, 2.75) is 18.9 Å². The Bertz CT molecular complexity index is 898. The molecule has 2 aliphatic heterocycles. The number of para-hydroxylation sites is 1. The van der Waals surface area contributed by atoms with Crippen LogP contribution in [0.4, 0.5) is 5.69 Å². The highest BCUT2D eigenvalue weighted by Gasteiger charge is 2.28. The zero-order valence-electron chi connectivity index (χ0n) is 15.5. The van der Waals surface area contributed by atoms with Gasteiger partial charge < -0.3 is 20.7 Å². The Morgan fingerprint density at radius 3 is 2.86 bits per heavy atom. The van der Waals surface area contributed by atoms with Gasteiger partial charge in [0.05, 0.1) is 0 Å². The summed E-state index contributed by atoms with van der Waals surface area (Å²) in [6.45, 7) is 2.33. The van der Waals surface area contributed by atoms with E-state index in [1.807, 2.05) is 24.3 Å². The van der Waals surface area contributed by atoms with Crippen LogP contribution >= 0.6 is 0 Å². The highest BCUT2D eigenvalue weighted by atomic mass is 16.5. The zero-order chi connectivity index (χ0) is 19.3. The fraction of sp³-hybridized carbons (Fsp3) is 0.273. The second-order valence-corrected chi connectivity index (χ2v) is 6.99. The second-order valence-electron chi connectivity index (χ2n) is 6.99. The maximum atomic E-state index is 12.5. The molecule has 0 bridgehead atoms. The van der Waals surface area contributed by atoms with Crippen molar-refractivity contribution in [1.29, 1.82) is 0 Å². The lowest BCUT2D eigenvalue weighted by molar-refractivity contribution is -0.122. The van der Waals surface area contributed by atoms with E-state index in [0.717, 1.165) is 30.8 Å². The normalized spacial score (nSPS) is 17.9. The third kappa shape index (κ3) is 4.23. The average molecular weight is 377 g/mol. The van der Waals surface area contributed by atoms with Crippen molar-refractivity contribution in [3.8, 4) is 5.75 Å². The number of anilines is 1. The van der Waals surface area contributed by atoms with Gasteiger partial charge in [-0.15, -0.1) is 0 Å². The molecule has 2 amide bonds. The Hall–Kier alpha value is -3.12. The number of ether oxygens (including phenoxy) is 1. The van der Waals surface area contributed by atoms with E-state index in [2.05, 4.69) is 22.0 Å². The quantitative estimate of drug-likeness (QED) is 0.699. The van der Waals surface area contributed by atoms with Gasteiger partial charge in [-0.1, -0.05) is 35.9 Å². The third-order valence-electron chi connectivity index (χ3n) is 4.97. The molecule has 144 valence electrons. The molecule has 2 aliphatic rings.